The molecule has 0 aromatic rings. The number of hydrogen-bond donors (Lipinski definition) is 0. The van der Waals surface area contributed by atoms with Gasteiger partial charge in [0.25, 0.3) is 0 Å². The highest BCUT2D eigenvalue weighted by Crippen LogP contribution is 2.49. The van der Waals surface area contributed by atoms with Crippen LogP contribution in [-0.4, -0.2) is 11.6 Å². The van der Waals surface area contributed by atoms with E-state index in [0.29, 0.717) is 11.6 Å². The summed E-state index contributed by atoms with van der Waals surface area (Å²) < 4.78 is 0. The fraction of sp³-hybridized carbons (Fsp3) is 0.667. The summed E-state index contributed by atoms with van der Waals surface area (Å²) in [5.74, 6) is 1.09. The Morgan fingerprint density at radius 3 is 0.950 bits per heavy atom. The van der Waals surface area contributed by atoms with Gasteiger partial charge in [-0.05, 0) is 23.7 Å². The fourth-order valence-electron chi connectivity index (χ4n) is 4.68. The molecular weight excluding hydrogens is 248 g/mol. The van der Waals surface area contributed by atoms with Crippen LogP contribution in [-0.2, 0) is 9.59 Å². The molecular formula is C18H24O2. The molecule has 0 amide bonds. The highest BCUT2D eigenvalue weighted by atomic mass is 16.1. The van der Waals surface area contributed by atoms with Crippen LogP contribution in [0.25, 0.3) is 0 Å². The highest BCUT2D eigenvalue weighted by molar-refractivity contribution is 6.01. The van der Waals surface area contributed by atoms with E-state index in [-0.39, 0.29) is 47.3 Å². The number of Topliss-reactive ketones (excluding diaryl/α,β-unsaturated/α-hetero) is 2. The second-order valence-electron chi connectivity index (χ2n) is 7.11. The minimum atomic E-state index is -0.0927. The molecule has 0 spiro atoms. The highest BCUT2D eigenvalue weighted by Gasteiger charge is 2.55. The molecule has 0 aromatic carbocycles. The van der Waals surface area contributed by atoms with E-state index in [9.17, 15) is 9.59 Å². The smallest absolute Gasteiger partial charge is 0.141 e. The average Bonchev–Trinajstić information content (AvgIpc) is 2.41. The van der Waals surface area contributed by atoms with Gasteiger partial charge >= 0.3 is 0 Å². The summed E-state index contributed by atoms with van der Waals surface area (Å²) in [7, 11) is 0. The van der Waals surface area contributed by atoms with Gasteiger partial charge in [0.15, 0.2) is 0 Å². The van der Waals surface area contributed by atoms with E-state index < -0.39 is 0 Å². The predicted octanol–water partition coefficient (Wildman–Crippen LogP) is 3.29. The van der Waals surface area contributed by atoms with E-state index in [1.54, 1.807) is 0 Å². The van der Waals surface area contributed by atoms with Crippen molar-refractivity contribution < 1.29 is 9.59 Å². The Balaban J connectivity index is 2.07. The number of fused-ring (bicyclic) bond motifs is 2. The fourth-order valence-corrected chi connectivity index (χ4v) is 4.68. The zero-order valence-electron chi connectivity index (χ0n) is 12.7. The molecule has 2 heteroatoms. The Labute approximate surface area is 121 Å². The van der Waals surface area contributed by atoms with Crippen molar-refractivity contribution in [2.75, 3.05) is 0 Å². The first-order chi connectivity index (χ1) is 9.43. The van der Waals surface area contributed by atoms with Gasteiger partial charge in [0.05, 0.1) is 0 Å². The maximum absolute atomic E-state index is 13.0. The van der Waals surface area contributed by atoms with Crippen LogP contribution in [0.2, 0.25) is 0 Å². The van der Waals surface area contributed by atoms with Gasteiger partial charge in [0.1, 0.15) is 11.6 Å². The molecule has 1 saturated carbocycles. The molecule has 3 aliphatic carbocycles. The second kappa shape index (κ2) is 4.68. The number of ketones is 2. The van der Waals surface area contributed by atoms with Crippen molar-refractivity contribution in [1.29, 1.82) is 0 Å². The largest absolute Gasteiger partial charge is 0.299 e. The van der Waals surface area contributed by atoms with E-state index in [1.807, 2.05) is 0 Å². The maximum Gasteiger partial charge on any atom is 0.141 e. The maximum atomic E-state index is 13.0. The third-order valence-electron chi connectivity index (χ3n) is 5.79. The van der Waals surface area contributed by atoms with Crippen LogP contribution in [0.5, 0.6) is 0 Å². The minimum Gasteiger partial charge on any atom is -0.299 e. The third-order valence-corrected chi connectivity index (χ3v) is 5.79. The molecule has 0 saturated heterocycles. The van der Waals surface area contributed by atoms with Crippen LogP contribution in [0.15, 0.2) is 24.3 Å². The zero-order chi connectivity index (χ0) is 14.6. The summed E-state index contributed by atoms with van der Waals surface area (Å²) in [6, 6.07) is 0. The monoisotopic (exact) mass is 272 g/mol. The molecule has 2 nitrogen and oxygen atoms in total. The van der Waals surface area contributed by atoms with Gasteiger partial charge in [-0.1, -0.05) is 52.0 Å². The molecule has 0 N–H and O–H groups in total. The standard InChI is InChI=1S/C18H24O2/c1-9-5-6-10(2)14-13(9)17(19)15-11(3)7-8-12(4)16(15)18(14)20/h5-16H,1-4H3/t9-,10+,11-,12+,13-,14-,15-,16+/m1/s1. The molecule has 20 heavy (non-hydrogen) atoms. The van der Waals surface area contributed by atoms with Gasteiger partial charge in [-0.2, -0.15) is 0 Å². The van der Waals surface area contributed by atoms with Crippen LogP contribution < -0.4 is 0 Å². The molecule has 0 unspecified atom stereocenters. The van der Waals surface area contributed by atoms with Crippen molar-refractivity contribution in [1.82, 2.24) is 0 Å². The van der Waals surface area contributed by atoms with Crippen LogP contribution >= 0.6 is 0 Å². The lowest BCUT2D eigenvalue weighted by Crippen LogP contribution is -2.56. The van der Waals surface area contributed by atoms with E-state index in [2.05, 4.69) is 52.0 Å². The summed E-state index contributed by atoms with van der Waals surface area (Å²) >= 11 is 0. The Kier molecular flexibility index (Phi) is 3.23. The number of rotatable bonds is 0. The van der Waals surface area contributed by atoms with Crippen molar-refractivity contribution in [3.8, 4) is 0 Å². The topological polar surface area (TPSA) is 34.1 Å². The molecule has 3 aliphatic rings. The van der Waals surface area contributed by atoms with Crippen molar-refractivity contribution in [2.45, 2.75) is 27.7 Å². The van der Waals surface area contributed by atoms with Crippen molar-refractivity contribution in [3.05, 3.63) is 24.3 Å². The lowest BCUT2D eigenvalue weighted by molar-refractivity contribution is -0.154. The summed E-state index contributed by atoms with van der Waals surface area (Å²) in [5, 5.41) is 0. The Bertz CT molecular complexity index is 416. The second-order valence-corrected chi connectivity index (χ2v) is 7.11. The first-order valence-electron chi connectivity index (χ1n) is 7.87. The lowest BCUT2D eigenvalue weighted by atomic mass is 9.53. The average molecular weight is 272 g/mol. The molecule has 0 aliphatic heterocycles. The Morgan fingerprint density at radius 2 is 0.750 bits per heavy atom. The van der Waals surface area contributed by atoms with E-state index >= 15 is 0 Å². The Morgan fingerprint density at radius 1 is 0.550 bits per heavy atom. The predicted molar refractivity (Wildman–Crippen MR) is 78.9 cm³/mol. The summed E-state index contributed by atoms with van der Waals surface area (Å²) in [6.07, 6.45) is 8.52. The number of hydrogen-bond acceptors (Lipinski definition) is 2. The molecule has 0 radical (unpaired) electrons. The van der Waals surface area contributed by atoms with Crippen LogP contribution in [0.4, 0.5) is 0 Å². The first kappa shape index (κ1) is 13.8. The normalized spacial score (nSPS) is 50.8. The van der Waals surface area contributed by atoms with E-state index in [1.165, 1.54) is 0 Å². The quantitative estimate of drug-likeness (QED) is 0.634. The number of allylic oxidation sites excluding steroid dienone is 4. The first-order valence-corrected chi connectivity index (χ1v) is 7.87. The van der Waals surface area contributed by atoms with Crippen molar-refractivity contribution >= 4 is 11.6 Å². The van der Waals surface area contributed by atoms with Crippen LogP contribution in [0, 0.1) is 47.3 Å². The van der Waals surface area contributed by atoms with E-state index in [0.717, 1.165) is 0 Å². The van der Waals surface area contributed by atoms with Crippen LogP contribution in [0.1, 0.15) is 27.7 Å². The third kappa shape index (κ3) is 1.77. The lowest BCUT2D eigenvalue weighted by Gasteiger charge is -2.48. The van der Waals surface area contributed by atoms with Gasteiger partial charge in [0, 0.05) is 23.7 Å². The van der Waals surface area contributed by atoms with E-state index in [4.69, 9.17) is 0 Å². The summed E-state index contributed by atoms with van der Waals surface area (Å²) in [4.78, 5) is 26.1. The van der Waals surface area contributed by atoms with Crippen LogP contribution in [0.3, 0.4) is 0 Å². The molecule has 3 rings (SSSR count). The summed E-state index contributed by atoms with van der Waals surface area (Å²) in [6.45, 7) is 8.33. The van der Waals surface area contributed by atoms with Crippen molar-refractivity contribution in [2.24, 2.45) is 47.3 Å². The molecule has 0 aromatic heterocycles. The molecule has 0 heterocycles. The van der Waals surface area contributed by atoms with Gasteiger partial charge in [-0.3, -0.25) is 9.59 Å². The van der Waals surface area contributed by atoms with Gasteiger partial charge < -0.3 is 0 Å². The van der Waals surface area contributed by atoms with Crippen molar-refractivity contribution in [3.63, 3.8) is 0 Å². The Hall–Kier alpha value is -1.18. The zero-order valence-corrected chi connectivity index (χ0v) is 12.7. The van der Waals surface area contributed by atoms with Gasteiger partial charge in [-0.25, -0.2) is 0 Å². The minimum absolute atomic E-state index is 0.0927. The van der Waals surface area contributed by atoms with Gasteiger partial charge in [0.2, 0.25) is 0 Å². The van der Waals surface area contributed by atoms with Gasteiger partial charge in [-0.15, -0.1) is 0 Å². The summed E-state index contributed by atoms with van der Waals surface area (Å²) in [5.41, 5.74) is 0. The SMILES string of the molecule is C[C@@H]1C=C[C@H](C)[C@@H]2C(=O)[C@H]3[C@H](C(=O)[C@@H]21)[C@H](C)C=C[C@@H]3C. The number of carbonyl (C=O) groups is 2. The molecule has 1 fully saturated rings. The molecule has 108 valence electrons. The molecule has 0 bridgehead atoms. The number of carbonyl (C=O) groups excluding carboxylic acids is 2. The molecule has 8 atom stereocenters.